The second-order valence-electron chi connectivity index (χ2n) is 23.7. The van der Waals surface area contributed by atoms with Crippen LogP contribution in [-0.4, -0.2) is 56.8 Å². The molecule has 0 saturated heterocycles. The lowest BCUT2D eigenvalue weighted by molar-refractivity contribution is -0.142. The number of halogens is 1. The van der Waals surface area contributed by atoms with Crippen LogP contribution in [0.15, 0.2) is 132 Å². The van der Waals surface area contributed by atoms with Crippen LogP contribution in [0.2, 0.25) is 0 Å². The van der Waals surface area contributed by atoms with Crippen LogP contribution >= 0.6 is 23.9 Å². The normalized spacial score (nSPS) is 14.8. The number of carboxylic acids is 2. The molecule has 6 aromatic carbocycles. The number of ether oxygens (including phenoxy) is 4. The van der Waals surface area contributed by atoms with Crippen molar-refractivity contribution in [1.82, 2.24) is 0 Å². The predicted octanol–water partition coefficient (Wildman–Crippen LogP) is 16.2. The van der Waals surface area contributed by atoms with Crippen molar-refractivity contribution in [2.45, 2.75) is 157 Å². The van der Waals surface area contributed by atoms with Gasteiger partial charge in [0, 0.05) is 52.8 Å². The van der Waals surface area contributed by atoms with Gasteiger partial charge in [-0.3, -0.25) is 9.59 Å². The number of rotatable bonds is 17. The highest BCUT2D eigenvalue weighted by Crippen LogP contribution is 2.59. The fourth-order valence-corrected chi connectivity index (χ4v) is 15.1. The van der Waals surface area contributed by atoms with E-state index in [-0.39, 0.29) is 19.1 Å². The highest BCUT2D eigenvalue weighted by molar-refractivity contribution is 9.10. The minimum Gasteiger partial charge on any atom is -0.489 e. The van der Waals surface area contributed by atoms with E-state index in [1.807, 2.05) is 54.6 Å². The van der Waals surface area contributed by atoms with Crippen LogP contribution in [-0.2, 0) is 48.5 Å². The molecule has 2 unspecified atom stereocenters. The monoisotopic (exact) mass is 1130 g/mol. The van der Waals surface area contributed by atoms with Crippen molar-refractivity contribution in [1.29, 1.82) is 0 Å². The minimum absolute atomic E-state index is 0.194. The van der Waals surface area contributed by atoms with Gasteiger partial charge in [0.15, 0.2) is 0 Å². The van der Waals surface area contributed by atoms with Gasteiger partial charge in [-0.2, -0.15) is 0 Å². The number of aliphatic carboxylic acids is 2. The number of carboxylic acid groups (broad SMARTS) is 2. The van der Waals surface area contributed by atoms with E-state index in [4.69, 9.17) is 29.2 Å². The van der Waals surface area contributed by atoms with Gasteiger partial charge in [-0.15, -0.1) is 0 Å². The molecule has 77 heavy (non-hydrogen) atoms. The average molecular weight is 1130 g/mol. The molecule has 2 heterocycles. The molecule has 8 rings (SSSR count). The lowest BCUT2D eigenvalue weighted by Gasteiger charge is -2.42. The molecule has 0 amide bonds. The Morgan fingerprint density at radius 3 is 1.49 bits per heavy atom. The molecule has 11 heteroatoms. The summed E-state index contributed by atoms with van der Waals surface area (Å²) in [6.07, 6.45) is 2.79. The van der Waals surface area contributed by atoms with Crippen molar-refractivity contribution in [3.63, 3.8) is 0 Å². The average Bonchev–Trinajstić information content (AvgIpc) is 3.89. The summed E-state index contributed by atoms with van der Waals surface area (Å²) < 4.78 is 25.4. The molecular formula is C66H83BrNO8P. The third-order valence-corrected chi connectivity index (χ3v) is 17.7. The second kappa shape index (κ2) is 25.8. The summed E-state index contributed by atoms with van der Waals surface area (Å²) in [6, 6.07) is 43.6. The molecule has 0 aliphatic carbocycles. The maximum absolute atomic E-state index is 11.0. The first-order valence-electron chi connectivity index (χ1n) is 27.1. The summed E-state index contributed by atoms with van der Waals surface area (Å²) in [5.74, 6) is 1.03. The van der Waals surface area contributed by atoms with Gasteiger partial charge in [0.05, 0.1) is 11.8 Å². The number of anilines is 1. The number of carbonyl (C=O) groups is 2. The predicted molar refractivity (Wildman–Crippen MR) is 321 cm³/mol. The molecule has 2 atom stereocenters. The van der Waals surface area contributed by atoms with E-state index in [0.717, 1.165) is 75.7 Å². The molecule has 9 nitrogen and oxygen atoms in total. The smallest absolute Gasteiger partial charge is 0.306 e. The highest BCUT2D eigenvalue weighted by Gasteiger charge is 2.37. The fourth-order valence-electron chi connectivity index (χ4n) is 10.4. The summed E-state index contributed by atoms with van der Waals surface area (Å²) in [5, 5.41) is 20.2. The van der Waals surface area contributed by atoms with Gasteiger partial charge in [0.1, 0.15) is 47.4 Å². The Morgan fingerprint density at radius 2 is 1.05 bits per heavy atom. The van der Waals surface area contributed by atoms with Gasteiger partial charge < -0.3 is 34.1 Å². The molecule has 2 aliphatic heterocycles. The Hall–Kier alpha value is -5.83. The van der Waals surface area contributed by atoms with Gasteiger partial charge in [-0.1, -0.05) is 158 Å². The van der Waals surface area contributed by atoms with Crippen molar-refractivity contribution in [2.24, 2.45) is 11.8 Å². The third-order valence-electron chi connectivity index (χ3n) is 13.7. The molecule has 0 spiro atoms. The van der Waals surface area contributed by atoms with E-state index >= 15 is 0 Å². The topological polar surface area (TPSA) is 115 Å². The van der Waals surface area contributed by atoms with Crippen LogP contribution in [0.1, 0.15) is 130 Å². The molecule has 2 N–H and O–H groups in total. The van der Waals surface area contributed by atoms with Gasteiger partial charge in [0.2, 0.25) is 0 Å². The third kappa shape index (κ3) is 16.8. The number of hydrogen-bond donors (Lipinski definition) is 2. The molecule has 0 aromatic heterocycles. The highest BCUT2D eigenvalue weighted by atomic mass is 79.9. The quantitative estimate of drug-likeness (QED) is 0.0862. The lowest BCUT2D eigenvalue weighted by atomic mass is 9.99. The zero-order valence-corrected chi connectivity index (χ0v) is 50.5. The SMILES string of the molecule is CC(C)(C)P(c1ccccc1-c1ccccc1)C(C)(C)C.CC(Cc1ccc(OCc2cc(Br)cc3c2OC(C)(C)C3)cc1)C(=O)O.CCN(CC)c1cc(COc2ccc(CC(C)C(=O)O)cc2)c2c(c1)CC(C)(C)O2. The van der Waals surface area contributed by atoms with Crippen molar-refractivity contribution in [3.8, 4) is 34.1 Å². The summed E-state index contributed by atoms with van der Waals surface area (Å²) in [7, 11) is -0.282. The number of nitrogens with zero attached hydrogens (tertiary/aromatic N) is 1. The molecule has 2 aliphatic rings. The van der Waals surface area contributed by atoms with Gasteiger partial charge >= 0.3 is 11.9 Å². The Bertz CT molecular complexity index is 2900. The Morgan fingerprint density at radius 1 is 0.623 bits per heavy atom. The van der Waals surface area contributed by atoms with E-state index in [9.17, 15) is 9.59 Å². The van der Waals surface area contributed by atoms with Crippen molar-refractivity contribution in [3.05, 3.63) is 165 Å². The van der Waals surface area contributed by atoms with E-state index in [0.29, 0.717) is 36.4 Å². The van der Waals surface area contributed by atoms with Crippen LogP contribution in [0.5, 0.6) is 23.0 Å². The lowest BCUT2D eigenvalue weighted by Crippen LogP contribution is -2.31. The van der Waals surface area contributed by atoms with E-state index in [1.165, 1.54) is 33.2 Å². The van der Waals surface area contributed by atoms with Crippen LogP contribution in [0, 0.1) is 11.8 Å². The minimum atomic E-state index is -0.781. The molecule has 0 bridgehead atoms. The first-order chi connectivity index (χ1) is 36.2. The number of fused-ring (bicyclic) bond motifs is 2. The largest absolute Gasteiger partial charge is 0.489 e. The summed E-state index contributed by atoms with van der Waals surface area (Å²) in [6.45, 7) is 33.2. The Kier molecular flexibility index (Phi) is 20.2. The van der Waals surface area contributed by atoms with Gasteiger partial charge in [-0.25, -0.2) is 0 Å². The first-order valence-corrected chi connectivity index (χ1v) is 29.2. The fraction of sp³-hybridized carbons (Fsp3) is 0.424. The van der Waals surface area contributed by atoms with E-state index in [2.05, 4.69) is 177 Å². The van der Waals surface area contributed by atoms with Crippen molar-refractivity contribution >= 4 is 46.8 Å². The van der Waals surface area contributed by atoms with Crippen LogP contribution in [0.25, 0.3) is 11.1 Å². The van der Waals surface area contributed by atoms with Gasteiger partial charge in [-0.05, 0) is 146 Å². The Balaban J connectivity index is 0.000000190. The second-order valence-corrected chi connectivity index (χ2v) is 28.5. The number of benzene rings is 6. The molecule has 0 radical (unpaired) electrons. The molecule has 412 valence electrons. The first kappa shape index (κ1) is 60.4. The maximum Gasteiger partial charge on any atom is 0.306 e. The zero-order chi connectivity index (χ0) is 56.5. The van der Waals surface area contributed by atoms with E-state index < -0.39 is 23.8 Å². The van der Waals surface area contributed by atoms with Crippen LogP contribution in [0.3, 0.4) is 0 Å². The zero-order valence-electron chi connectivity index (χ0n) is 48.1. The molecular weight excluding hydrogens is 1050 g/mol. The molecule has 0 fully saturated rings. The molecule has 6 aromatic rings. The standard InChI is InChI=1S/C25H33NO4.C21H23BrO4.C20H27P/c1-6-26(7-2)21-13-19-15-25(4,5)30-23(19)20(14-21)16-29-22-10-8-18(9-11-22)12-17(3)24(27)28;1-13(20(23)24)8-14-4-6-18(7-5-14)25-12-16-10-17(22)9-15-11-21(2,3)26-19(15)16;1-19(2,3)21(20(4,5)6)18-15-11-10-14-17(18)16-12-8-7-9-13-16/h8-11,13-14,17H,6-7,12,15-16H2,1-5H3,(H,27,28);4-7,9-10,13H,8,11-12H2,1-3H3,(H,23,24);7-15H,1-6H3. The van der Waals surface area contributed by atoms with Crippen LogP contribution in [0.4, 0.5) is 5.69 Å². The summed E-state index contributed by atoms with van der Waals surface area (Å²) in [5.41, 5.74) is 10.0. The van der Waals surface area contributed by atoms with E-state index in [1.54, 1.807) is 13.8 Å². The maximum atomic E-state index is 11.0. The molecule has 0 saturated carbocycles. The Labute approximate surface area is 469 Å². The summed E-state index contributed by atoms with van der Waals surface area (Å²) >= 11 is 3.56. The van der Waals surface area contributed by atoms with Crippen molar-refractivity contribution in [2.75, 3.05) is 18.0 Å². The van der Waals surface area contributed by atoms with Crippen molar-refractivity contribution < 1.29 is 38.7 Å². The summed E-state index contributed by atoms with van der Waals surface area (Å²) in [4.78, 5) is 24.3. The van der Waals surface area contributed by atoms with Crippen LogP contribution < -0.4 is 29.2 Å². The van der Waals surface area contributed by atoms with Gasteiger partial charge in [0.25, 0.3) is 0 Å². The number of hydrogen-bond acceptors (Lipinski definition) is 7.